The molecule has 2 aromatic rings. The van der Waals surface area contributed by atoms with Gasteiger partial charge in [0.1, 0.15) is 11.4 Å². The van der Waals surface area contributed by atoms with Crippen LogP contribution < -0.4 is 5.32 Å². The van der Waals surface area contributed by atoms with E-state index in [4.69, 9.17) is 0 Å². The molecule has 7 heteroatoms. The highest BCUT2D eigenvalue weighted by molar-refractivity contribution is 14.1. The molecule has 0 fully saturated rings. The van der Waals surface area contributed by atoms with Gasteiger partial charge < -0.3 is 5.32 Å². The van der Waals surface area contributed by atoms with Gasteiger partial charge in [-0.05, 0) is 53.8 Å². The predicted octanol–water partition coefficient (Wildman–Crippen LogP) is 3.90. The Morgan fingerprint density at radius 3 is 2.67 bits per heavy atom. The van der Waals surface area contributed by atoms with E-state index in [2.05, 4.69) is 5.32 Å². The minimum atomic E-state index is -0.602. The van der Waals surface area contributed by atoms with E-state index < -0.39 is 16.6 Å². The highest BCUT2D eigenvalue weighted by Crippen LogP contribution is 2.25. The number of aryl methyl sites for hydroxylation is 1. The Bertz CT molecular complexity index is 734. The van der Waals surface area contributed by atoms with E-state index in [1.807, 2.05) is 22.6 Å². The summed E-state index contributed by atoms with van der Waals surface area (Å²) in [6, 6.07) is 8.42. The summed E-state index contributed by atoms with van der Waals surface area (Å²) in [5, 5.41) is 13.6. The van der Waals surface area contributed by atoms with Crippen molar-refractivity contribution in [1.29, 1.82) is 0 Å². The summed E-state index contributed by atoms with van der Waals surface area (Å²) >= 11 is 1.88. The van der Waals surface area contributed by atoms with Crippen molar-refractivity contribution >= 4 is 39.9 Å². The van der Waals surface area contributed by atoms with E-state index in [0.29, 0.717) is 14.8 Å². The van der Waals surface area contributed by atoms with Crippen molar-refractivity contribution in [2.24, 2.45) is 0 Å². The number of benzene rings is 2. The lowest BCUT2D eigenvalue weighted by Crippen LogP contribution is -2.15. The Hall–Kier alpha value is -2.03. The van der Waals surface area contributed by atoms with E-state index in [-0.39, 0.29) is 11.3 Å². The molecule has 108 valence electrons. The first-order valence-electron chi connectivity index (χ1n) is 5.90. The molecule has 0 aliphatic rings. The van der Waals surface area contributed by atoms with E-state index in [1.165, 1.54) is 24.3 Å². The van der Waals surface area contributed by atoms with E-state index >= 15 is 0 Å². The zero-order valence-electron chi connectivity index (χ0n) is 10.9. The fraction of sp³-hybridized carbons (Fsp3) is 0.0714. The van der Waals surface area contributed by atoms with Gasteiger partial charge in [-0.15, -0.1) is 0 Å². The lowest BCUT2D eigenvalue weighted by atomic mass is 10.1. The first kappa shape index (κ1) is 15.4. The summed E-state index contributed by atoms with van der Waals surface area (Å²) in [5.74, 6) is -1.02. The molecule has 21 heavy (non-hydrogen) atoms. The molecule has 1 amide bonds. The number of nitro groups is 1. The number of carbonyl (C=O) groups excluding carboxylic acids is 1. The third-order valence-corrected chi connectivity index (χ3v) is 3.74. The molecule has 0 bridgehead atoms. The molecule has 2 rings (SSSR count). The molecule has 0 aromatic heterocycles. The smallest absolute Gasteiger partial charge is 0.285 e. The monoisotopic (exact) mass is 400 g/mol. The van der Waals surface area contributed by atoms with Crippen LogP contribution >= 0.6 is 22.6 Å². The van der Waals surface area contributed by atoms with Crippen LogP contribution in [0.1, 0.15) is 15.9 Å². The van der Waals surface area contributed by atoms with Gasteiger partial charge >= 0.3 is 0 Å². The Morgan fingerprint density at radius 1 is 1.33 bits per heavy atom. The van der Waals surface area contributed by atoms with Gasteiger partial charge in [-0.2, -0.15) is 0 Å². The number of hydrogen-bond acceptors (Lipinski definition) is 3. The third-order valence-electron chi connectivity index (χ3n) is 2.84. The van der Waals surface area contributed by atoms with Crippen LogP contribution in [0.4, 0.5) is 15.8 Å². The minimum Gasteiger partial charge on any atom is -0.321 e. The molecule has 0 radical (unpaired) electrons. The van der Waals surface area contributed by atoms with Crippen LogP contribution in [0.2, 0.25) is 0 Å². The number of para-hydroxylation sites is 1. The first-order valence-corrected chi connectivity index (χ1v) is 6.98. The summed E-state index contributed by atoms with van der Waals surface area (Å²) in [7, 11) is 0. The number of halogens is 2. The number of rotatable bonds is 3. The van der Waals surface area contributed by atoms with E-state index in [0.717, 1.165) is 0 Å². The molecular formula is C14H10FIN2O3. The molecule has 0 aliphatic heterocycles. The summed E-state index contributed by atoms with van der Waals surface area (Å²) < 4.78 is 13.5. The molecule has 5 nitrogen and oxygen atoms in total. The van der Waals surface area contributed by atoms with Crippen molar-refractivity contribution in [3.8, 4) is 0 Å². The first-order chi connectivity index (χ1) is 9.90. The second kappa shape index (κ2) is 6.17. The Balaban J connectivity index is 2.37. The number of nitro benzene ring substituents is 1. The van der Waals surface area contributed by atoms with Crippen molar-refractivity contribution in [3.63, 3.8) is 0 Å². The van der Waals surface area contributed by atoms with Gasteiger partial charge in [-0.25, -0.2) is 4.39 Å². The van der Waals surface area contributed by atoms with Gasteiger partial charge in [0, 0.05) is 9.13 Å². The SMILES string of the molecule is Cc1cccc(C(=O)Nc2ccc(F)cc2I)c1[N+](=O)[O-]. The summed E-state index contributed by atoms with van der Waals surface area (Å²) in [4.78, 5) is 22.7. The largest absolute Gasteiger partial charge is 0.321 e. The maximum absolute atomic E-state index is 13.0. The summed E-state index contributed by atoms with van der Waals surface area (Å²) in [6.07, 6.45) is 0. The van der Waals surface area contributed by atoms with Crippen molar-refractivity contribution in [2.75, 3.05) is 5.32 Å². The van der Waals surface area contributed by atoms with Crippen molar-refractivity contribution in [1.82, 2.24) is 0 Å². The maximum atomic E-state index is 13.0. The van der Waals surface area contributed by atoms with Gasteiger partial charge in [-0.1, -0.05) is 12.1 Å². The quantitative estimate of drug-likeness (QED) is 0.483. The normalized spacial score (nSPS) is 10.2. The minimum absolute atomic E-state index is 0.0277. The van der Waals surface area contributed by atoms with Crippen LogP contribution in [0.25, 0.3) is 0 Å². The molecule has 0 saturated heterocycles. The molecule has 0 heterocycles. The molecule has 0 aliphatic carbocycles. The molecule has 2 aromatic carbocycles. The molecule has 0 spiro atoms. The fourth-order valence-electron chi connectivity index (χ4n) is 1.87. The van der Waals surface area contributed by atoms with Gasteiger partial charge in [0.15, 0.2) is 0 Å². The molecule has 0 saturated carbocycles. The summed E-state index contributed by atoms with van der Waals surface area (Å²) in [6.45, 7) is 1.57. The van der Waals surface area contributed by atoms with Crippen LogP contribution in [0, 0.1) is 26.4 Å². The second-order valence-electron chi connectivity index (χ2n) is 4.31. The van der Waals surface area contributed by atoms with E-state index in [1.54, 1.807) is 19.1 Å². The predicted molar refractivity (Wildman–Crippen MR) is 84.9 cm³/mol. The lowest BCUT2D eigenvalue weighted by Gasteiger charge is -2.08. The van der Waals surface area contributed by atoms with Crippen LogP contribution in [-0.4, -0.2) is 10.8 Å². The zero-order valence-corrected chi connectivity index (χ0v) is 13.0. The molecule has 0 atom stereocenters. The van der Waals surface area contributed by atoms with Crippen LogP contribution in [0.5, 0.6) is 0 Å². The average Bonchev–Trinajstić information content (AvgIpc) is 2.41. The highest BCUT2D eigenvalue weighted by Gasteiger charge is 2.22. The highest BCUT2D eigenvalue weighted by atomic mass is 127. The number of hydrogen-bond donors (Lipinski definition) is 1. The fourth-order valence-corrected chi connectivity index (χ4v) is 2.48. The third kappa shape index (κ3) is 3.35. The number of nitrogens with one attached hydrogen (secondary N) is 1. The Morgan fingerprint density at radius 2 is 2.05 bits per heavy atom. The second-order valence-corrected chi connectivity index (χ2v) is 5.47. The van der Waals surface area contributed by atoms with Gasteiger partial charge in [0.2, 0.25) is 0 Å². The van der Waals surface area contributed by atoms with Crippen LogP contribution in [0.3, 0.4) is 0 Å². The Kier molecular flexibility index (Phi) is 4.51. The van der Waals surface area contributed by atoms with Crippen molar-refractivity contribution in [3.05, 3.63) is 67.0 Å². The standard InChI is InChI=1S/C14H10FIN2O3/c1-8-3-2-4-10(13(8)18(20)21)14(19)17-12-6-5-9(15)7-11(12)16/h2-7H,1H3,(H,17,19). The number of amides is 1. The lowest BCUT2D eigenvalue weighted by molar-refractivity contribution is -0.385. The van der Waals surface area contributed by atoms with Crippen LogP contribution in [0.15, 0.2) is 36.4 Å². The molecule has 0 unspecified atom stereocenters. The number of anilines is 1. The zero-order chi connectivity index (χ0) is 15.6. The van der Waals surface area contributed by atoms with Crippen LogP contribution in [-0.2, 0) is 0 Å². The molecule has 1 N–H and O–H groups in total. The average molecular weight is 400 g/mol. The van der Waals surface area contributed by atoms with Gasteiger partial charge in [-0.3, -0.25) is 14.9 Å². The van der Waals surface area contributed by atoms with E-state index in [9.17, 15) is 19.3 Å². The topological polar surface area (TPSA) is 72.2 Å². The summed E-state index contributed by atoms with van der Waals surface area (Å²) in [5.41, 5.74) is 0.548. The van der Waals surface area contributed by atoms with Crippen molar-refractivity contribution < 1.29 is 14.1 Å². The van der Waals surface area contributed by atoms with Gasteiger partial charge in [0.05, 0.1) is 10.6 Å². The maximum Gasteiger partial charge on any atom is 0.285 e. The Labute approximate surface area is 133 Å². The number of nitrogens with zero attached hydrogens (tertiary/aromatic N) is 1. The molecular weight excluding hydrogens is 390 g/mol. The number of carbonyl (C=O) groups is 1. The van der Waals surface area contributed by atoms with Crippen molar-refractivity contribution in [2.45, 2.75) is 6.92 Å². The van der Waals surface area contributed by atoms with Gasteiger partial charge in [0.25, 0.3) is 11.6 Å².